The van der Waals surface area contributed by atoms with Crippen LogP contribution < -0.4 is 5.73 Å². The smallest absolute Gasteiger partial charge is 0.205 e. The van der Waals surface area contributed by atoms with Crippen molar-refractivity contribution < 1.29 is 18.3 Å². The van der Waals surface area contributed by atoms with Gasteiger partial charge in [0.1, 0.15) is 34.7 Å². The number of carbonyl (C=O) groups is 1. The van der Waals surface area contributed by atoms with E-state index in [-0.39, 0.29) is 28.5 Å². The van der Waals surface area contributed by atoms with Crippen molar-refractivity contribution in [2.24, 2.45) is 11.1 Å². The Morgan fingerprint density at radius 1 is 1.18 bits per heavy atom. The number of Topliss-reactive ketones (excluding diaryl/α,β-unsaturated/α-hetero) is 1. The van der Waals surface area contributed by atoms with Gasteiger partial charge in [0.2, 0.25) is 5.88 Å². The Hall–Kier alpha value is -3.33. The minimum atomic E-state index is -0.702. The Morgan fingerprint density at radius 3 is 2.57 bits per heavy atom. The Morgan fingerprint density at radius 2 is 1.89 bits per heavy atom. The number of hydrogen-bond acceptors (Lipinski definition) is 5. The Labute approximate surface area is 161 Å². The maximum absolute atomic E-state index is 13.2. The maximum atomic E-state index is 13.2. The summed E-state index contributed by atoms with van der Waals surface area (Å²) >= 11 is 0. The highest BCUT2D eigenvalue weighted by molar-refractivity contribution is 5.99. The molecule has 0 bridgehead atoms. The van der Waals surface area contributed by atoms with Crippen molar-refractivity contribution in [2.45, 2.75) is 32.6 Å². The molecule has 142 valence electrons. The van der Waals surface area contributed by atoms with E-state index in [0.717, 1.165) is 0 Å². The van der Waals surface area contributed by atoms with Crippen molar-refractivity contribution in [1.29, 1.82) is 5.26 Å². The SMILES string of the molecule is CC1(C)CC(=O)C2=C(C1)OC(N)=C(C#N)[C@@H]2c1ccc(-c2ccc(F)cc2)o1. The molecular formula is C22H19FN2O3. The molecule has 0 radical (unpaired) electrons. The molecule has 0 amide bonds. The Kier molecular flexibility index (Phi) is 4.11. The van der Waals surface area contributed by atoms with Crippen LogP contribution in [0.3, 0.4) is 0 Å². The van der Waals surface area contributed by atoms with E-state index in [1.807, 2.05) is 13.8 Å². The largest absolute Gasteiger partial charge is 0.460 e. The van der Waals surface area contributed by atoms with Crippen LogP contribution in [-0.2, 0) is 9.53 Å². The molecule has 2 aliphatic rings. The van der Waals surface area contributed by atoms with Crippen molar-refractivity contribution in [3.8, 4) is 17.4 Å². The molecule has 2 aromatic rings. The average Bonchev–Trinajstić information content (AvgIpc) is 3.09. The number of nitrogens with two attached hydrogens (primary N) is 1. The third-order valence-corrected chi connectivity index (χ3v) is 5.12. The number of hydrogen-bond donors (Lipinski definition) is 1. The zero-order valence-electron chi connectivity index (χ0n) is 15.6. The number of benzene rings is 1. The first-order valence-corrected chi connectivity index (χ1v) is 8.98. The summed E-state index contributed by atoms with van der Waals surface area (Å²) in [5, 5.41) is 9.64. The number of ether oxygens (including phenoxy) is 1. The molecule has 0 saturated carbocycles. The monoisotopic (exact) mass is 378 g/mol. The third-order valence-electron chi connectivity index (χ3n) is 5.12. The van der Waals surface area contributed by atoms with Gasteiger partial charge in [-0.1, -0.05) is 13.8 Å². The van der Waals surface area contributed by atoms with Crippen LogP contribution in [0.4, 0.5) is 4.39 Å². The van der Waals surface area contributed by atoms with Crippen molar-refractivity contribution in [1.82, 2.24) is 0 Å². The second-order valence-electron chi connectivity index (χ2n) is 7.91. The summed E-state index contributed by atoms with van der Waals surface area (Å²) in [5.41, 5.74) is 7.05. The normalized spacial score (nSPS) is 21.2. The number of ketones is 1. The molecule has 2 heterocycles. The highest BCUT2D eigenvalue weighted by atomic mass is 19.1. The second-order valence-corrected chi connectivity index (χ2v) is 7.91. The zero-order chi connectivity index (χ0) is 20.1. The standard InChI is InChI=1S/C22H19FN2O3/c1-22(2)9-15(26)20-18(10-22)28-21(25)14(11-24)19(20)17-8-7-16(27-17)12-3-5-13(23)6-4-12/h3-8,19H,9-10,25H2,1-2H3/t19-/m1/s1. The molecule has 1 aromatic heterocycles. The van der Waals surface area contributed by atoms with E-state index in [0.29, 0.717) is 41.3 Å². The molecule has 2 N–H and O–H groups in total. The molecule has 0 unspecified atom stereocenters. The third kappa shape index (κ3) is 2.99. The van der Waals surface area contributed by atoms with Gasteiger partial charge < -0.3 is 14.9 Å². The van der Waals surface area contributed by atoms with Crippen LogP contribution in [0.25, 0.3) is 11.3 Å². The number of nitriles is 1. The summed E-state index contributed by atoms with van der Waals surface area (Å²) in [6.07, 6.45) is 0.908. The van der Waals surface area contributed by atoms with Gasteiger partial charge >= 0.3 is 0 Å². The molecule has 1 aromatic carbocycles. The number of rotatable bonds is 2. The van der Waals surface area contributed by atoms with Crippen LogP contribution in [0.15, 0.2) is 63.6 Å². The van der Waals surface area contributed by atoms with E-state index in [4.69, 9.17) is 14.9 Å². The lowest BCUT2D eigenvalue weighted by Crippen LogP contribution is -2.33. The van der Waals surface area contributed by atoms with E-state index >= 15 is 0 Å². The number of carbonyl (C=O) groups excluding carboxylic acids is 1. The van der Waals surface area contributed by atoms with Crippen LogP contribution in [-0.4, -0.2) is 5.78 Å². The van der Waals surface area contributed by atoms with Gasteiger partial charge in [-0.05, 0) is 41.8 Å². The zero-order valence-corrected chi connectivity index (χ0v) is 15.6. The molecule has 5 nitrogen and oxygen atoms in total. The molecule has 1 aliphatic carbocycles. The van der Waals surface area contributed by atoms with Crippen molar-refractivity contribution in [3.05, 3.63) is 70.8 Å². The predicted octanol–water partition coefficient (Wildman–Crippen LogP) is 4.54. The van der Waals surface area contributed by atoms with Gasteiger partial charge in [-0.3, -0.25) is 4.79 Å². The van der Waals surface area contributed by atoms with Crippen LogP contribution in [0.1, 0.15) is 38.4 Å². The lowest BCUT2D eigenvalue weighted by Gasteiger charge is -2.36. The highest BCUT2D eigenvalue weighted by Crippen LogP contribution is 2.48. The van der Waals surface area contributed by atoms with Crippen molar-refractivity contribution in [2.75, 3.05) is 0 Å². The summed E-state index contributed by atoms with van der Waals surface area (Å²) in [7, 11) is 0. The summed E-state index contributed by atoms with van der Waals surface area (Å²) in [5.74, 6) is 0.333. The fourth-order valence-corrected chi connectivity index (χ4v) is 3.85. The first kappa shape index (κ1) is 18.1. The van der Waals surface area contributed by atoms with Gasteiger partial charge in [0.25, 0.3) is 0 Å². The lowest BCUT2D eigenvalue weighted by molar-refractivity contribution is -0.119. The molecule has 28 heavy (non-hydrogen) atoms. The van der Waals surface area contributed by atoms with Gasteiger partial charge in [0, 0.05) is 24.0 Å². The first-order chi connectivity index (χ1) is 13.3. The number of nitrogens with zero attached hydrogens (tertiary/aromatic N) is 1. The average molecular weight is 378 g/mol. The maximum Gasteiger partial charge on any atom is 0.205 e. The highest BCUT2D eigenvalue weighted by Gasteiger charge is 2.44. The van der Waals surface area contributed by atoms with Crippen LogP contribution in [0.5, 0.6) is 0 Å². The molecule has 0 spiro atoms. The quantitative estimate of drug-likeness (QED) is 0.829. The fourth-order valence-electron chi connectivity index (χ4n) is 3.85. The summed E-state index contributed by atoms with van der Waals surface area (Å²) in [4.78, 5) is 12.9. The van der Waals surface area contributed by atoms with Crippen molar-refractivity contribution >= 4 is 5.78 Å². The van der Waals surface area contributed by atoms with E-state index in [9.17, 15) is 14.4 Å². The number of halogens is 1. The van der Waals surface area contributed by atoms with E-state index in [1.54, 1.807) is 24.3 Å². The molecule has 4 rings (SSSR count). The van der Waals surface area contributed by atoms with Gasteiger partial charge in [0.05, 0.1) is 5.92 Å². The van der Waals surface area contributed by atoms with E-state index < -0.39 is 5.92 Å². The van der Waals surface area contributed by atoms with Gasteiger partial charge in [-0.2, -0.15) is 5.26 Å². The minimum absolute atomic E-state index is 0.00326. The van der Waals surface area contributed by atoms with E-state index in [1.165, 1.54) is 12.1 Å². The molecule has 0 fully saturated rings. The molecule has 1 atom stereocenters. The second kappa shape index (κ2) is 6.38. The topological polar surface area (TPSA) is 89.2 Å². The summed E-state index contributed by atoms with van der Waals surface area (Å²) in [6.45, 7) is 3.98. The minimum Gasteiger partial charge on any atom is -0.460 e. The Bertz CT molecular complexity index is 1070. The molecule has 1 aliphatic heterocycles. The molecular weight excluding hydrogens is 359 g/mol. The fraction of sp³-hybridized carbons (Fsp3) is 0.273. The number of furan rings is 1. The first-order valence-electron chi connectivity index (χ1n) is 8.98. The van der Waals surface area contributed by atoms with E-state index in [2.05, 4.69) is 6.07 Å². The van der Waals surface area contributed by atoms with Gasteiger partial charge in [0.15, 0.2) is 5.78 Å². The Balaban J connectivity index is 1.81. The van der Waals surface area contributed by atoms with Crippen LogP contribution in [0, 0.1) is 22.6 Å². The van der Waals surface area contributed by atoms with Crippen LogP contribution in [0.2, 0.25) is 0 Å². The predicted molar refractivity (Wildman–Crippen MR) is 99.8 cm³/mol. The molecule has 0 saturated heterocycles. The van der Waals surface area contributed by atoms with Crippen LogP contribution >= 0.6 is 0 Å². The van der Waals surface area contributed by atoms with Gasteiger partial charge in [-0.25, -0.2) is 4.39 Å². The van der Waals surface area contributed by atoms with Gasteiger partial charge in [-0.15, -0.1) is 0 Å². The summed E-state index contributed by atoms with van der Waals surface area (Å²) < 4.78 is 24.8. The summed E-state index contributed by atoms with van der Waals surface area (Å²) in [6, 6.07) is 11.4. The lowest BCUT2D eigenvalue weighted by atomic mass is 9.71. The molecule has 6 heteroatoms. The number of allylic oxidation sites excluding steroid dienone is 3. The van der Waals surface area contributed by atoms with Crippen molar-refractivity contribution in [3.63, 3.8) is 0 Å².